The molecule has 1 heterocycles. The molecular weight excluding hydrogens is 276 g/mol. The monoisotopic (exact) mass is 300 g/mol. The molecule has 1 N–H and O–H groups in total. The number of hydrogen-bond donors (Lipinski definition) is 1. The highest BCUT2D eigenvalue weighted by Gasteiger charge is 1.99. The summed E-state index contributed by atoms with van der Waals surface area (Å²) in [7, 11) is 0. The van der Waals surface area contributed by atoms with E-state index in [-0.39, 0.29) is 12.4 Å². The minimum Gasteiger partial charge on any atom is -1.00 e. The second kappa shape index (κ2) is 12.9. The third kappa shape index (κ3) is 8.88. The summed E-state index contributed by atoms with van der Waals surface area (Å²) in [5.41, 5.74) is 0.870. The molecule has 5 heteroatoms. The lowest BCUT2D eigenvalue weighted by Gasteiger charge is -2.01. The lowest BCUT2D eigenvalue weighted by Crippen LogP contribution is -3.00. The van der Waals surface area contributed by atoms with Gasteiger partial charge in [-0.05, 0) is 6.42 Å². The van der Waals surface area contributed by atoms with E-state index < -0.39 is 0 Å². The largest absolute Gasteiger partial charge is 1.00 e. The summed E-state index contributed by atoms with van der Waals surface area (Å²) in [5.74, 6) is 0. The predicted octanol–water partition coefficient (Wildman–Crippen LogP) is 0.121. The van der Waals surface area contributed by atoms with E-state index in [1.165, 1.54) is 38.3 Å². The first-order valence-electron chi connectivity index (χ1n) is 7.11. The number of hydrogen-bond acceptors (Lipinski definition) is 3. The van der Waals surface area contributed by atoms with Crippen LogP contribution in [0.3, 0.4) is 0 Å². The lowest BCUT2D eigenvalue weighted by molar-refractivity contribution is -0.732. The number of halogens is 1. The van der Waals surface area contributed by atoms with Gasteiger partial charge in [0.15, 0.2) is 12.4 Å². The first-order valence-corrected chi connectivity index (χ1v) is 7.11. The highest BCUT2D eigenvalue weighted by atomic mass is 35.5. The topological polar surface area (TPSA) is 45.7 Å². The molecule has 0 aliphatic heterocycles. The molecule has 4 nitrogen and oxygen atoms in total. The maximum absolute atomic E-state index is 8.40. The van der Waals surface area contributed by atoms with E-state index in [4.69, 9.17) is 9.94 Å². The fourth-order valence-corrected chi connectivity index (χ4v) is 1.86. The Hall–Kier alpha value is -1.13. The third-order valence-electron chi connectivity index (χ3n) is 3.01. The minimum atomic E-state index is 0. The van der Waals surface area contributed by atoms with Crippen molar-refractivity contribution in [2.45, 2.75) is 52.2 Å². The van der Waals surface area contributed by atoms with Crippen LogP contribution in [0.5, 0.6) is 0 Å². The normalized spacial score (nSPS) is 10.7. The summed E-state index contributed by atoms with van der Waals surface area (Å²) in [6.45, 7) is 3.63. The van der Waals surface area contributed by atoms with Crippen molar-refractivity contribution in [3.63, 3.8) is 0 Å². The molecule has 0 unspecified atom stereocenters. The molecule has 0 radical (unpaired) electrons. The molecule has 0 bridgehead atoms. The van der Waals surface area contributed by atoms with Crippen molar-refractivity contribution in [1.82, 2.24) is 0 Å². The summed E-state index contributed by atoms with van der Waals surface area (Å²) in [6, 6.07) is 3.77. The van der Waals surface area contributed by atoms with Gasteiger partial charge < -0.3 is 22.4 Å². The quantitative estimate of drug-likeness (QED) is 0.219. The number of nitrogens with zero attached hydrogens (tertiary/aromatic N) is 2. The Bertz CT molecular complexity index is 355. The molecule has 0 aromatic carbocycles. The maximum atomic E-state index is 8.40. The number of oxime groups is 1. The summed E-state index contributed by atoms with van der Waals surface area (Å²) >= 11 is 0. The highest BCUT2D eigenvalue weighted by Crippen LogP contribution is 2.04. The lowest BCUT2D eigenvalue weighted by atomic mass is 10.1. The zero-order chi connectivity index (χ0) is 13.8. The Balaban J connectivity index is 0.00000361. The van der Waals surface area contributed by atoms with Crippen molar-refractivity contribution in [1.29, 1.82) is 0 Å². The predicted molar refractivity (Wildman–Crippen MR) is 75.3 cm³/mol. The fraction of sp³-hybridized carbons (Fsp3) is 0.600. The zero-order valence-electron chi connectivity index (χ0n) is 12.2. The molecule has 1 aromatic heterocycles. The van der Waals surface area contributed by atoms with Crippen LogP contribution in [0.1, 0.15) is 51.0 Å². The van der Waals surface area contributed by atoms with E-state index in [0.29, 0.717) is 6.73 Å². The molecule has 114 valence electrons. The van der Waals surface area contributed by atoms with Gasteiger partial charge in [-0.2, -0.15) is 4.57 Å². The van der Waals surface area contributed by atoms with Gasteiger partial charge in [-0.15, -0.1) is 0 Å². The van der Waals surface area contributed by atoms with Gasteiger partial charge in [-0.3, -0.25) is 0 Å². The van der Waals surface area contributed by atoms with Crippen LogP contribution in [-0.2, 0) is 11.5 Å². The molecule has 20 heavy (non-hydrogen) atoms. The number of unbranched alkanes of at least 4 members (excludes halogenated alkanes) is 5. The van der Waals surface area contributed by atoms with Gasteiger partial charge in [0.25, 0.3) is 6.73 Å². The van der Waals surface area contributed by atoms with Crippen LogP contribution in [0.25, 0.3) is 0 Å². The van der Waals surface area contributed by atoms with Crippen molar-refractivity contribution < 1.29 is 26.9 Å². The van der Waals surface area contributed by atoms with E-state index in [1.54, 1.807) is 0 Å². The first-order chi connectivity index (χ1) is 9.36. The summed E-state index contributed by atoms with van der Waals surface area (Å²) in [6.07, 6.45) is 12.9. The molecule has 1 rings (SSSR count). The number of pyridine rings is 1. The zero-order valence-corrected chi connectivity index (χ0v) is 12.9. The molecule has 0 saturated heterocycles. The summed E-state index contributed by atoms with van der Waals surface area (Å²) in [5, 5.41) is 11.4. The Morgan fingerprint density at radius 2 is 1.80 bits per heavy atom. The molecule has 0 aliphatic carbocycles. The fourth-order valence-electron chi connectivity index (χ4n) is 1.86. The van der Waals surface area contributed by atoms with Gasteiger partial charge in [0.1, 0.15) is 0 Å². The third-order valence-corrected chi connectivity index (χ3v) is 3.01. The van der Waals surface area contributed by atoms with E-state index in [2.05, 4.69) is 12.1 Å². The van der Waals surface area contributed by atoms with Crippen molar-refractivity contribution >= 4 is 6.21 Å². The van der Waals surface area contributed by atoms with Gasteiger partial charge in [-0.25, -0.2) is 0 Å². The highest BCUT2D eigenvalue weighted by molar-refractivity contribution is 5.78. The minimum absolute atomic E-state index is 0. The van der Waals surface area contributed by atoms with Crippen LogP contribution in [-0.4, -0.2) is 18.0 Å². The maximum Gasteiger partial charge on any atom is 0.252 e. The molecule has 1 aromatic rings. The summed E-state index contributed by atoms with van der Waals surface area (Å²) in [4.78, 5) is 0. The van der Waals surface area contributed by atoms with Crippen LogP contribution in [0.15, 0.2) is 29.7 Å². The molecule has 0 amide bonds. The van der Waals surface area contributed by atoms with E-state index in [1.807, 2.05) is 29.1 Å². The molecule has 0 saturated carbocycles. The molecule has 0 spiro atoms. The number of ether oxygens (including phenoxy) is 1. The Labute approximate surface area is 127 Å². The number of rotatable bonds is 10. The Kier molecular flexibility index (Phi) is 12.2. The van der Waals surface area contributed by atoms with Gasteiger partial charge in [-0.1, -0.05) is 44.2 Å². The SMILES string of the molecule is CCCCCCCCOC[n+]1ccc(/C=N/O)cc1.[Cl-]. The van der Waals surface area contributed by atoms with Gasteiger partial charge >= 0.3 is 0 Å². The molecule has 0 atom stereocenters. The van der Waals surface area contributed by atoms with E-state index in [0.717, 1.165) is 18.6 Å². The second-order valence-electron chi connectivity index (χ2n) is 4.70. The van der Waals surface area contributed by atoms with Crippen LogP contribution in [0, 0.1) is 0 Å². The molecule has 0 fully saturated rings. The van der Waals surface area contributed by atoms with Gasteiger partial charge in [0.2, 0.25) is 0 Å². The van der Waals surface area contributed by atoms with Crippen molar-refractivity contribution in [2.75, 3.05) is 6.61 Å². The van der Waals surface area contributed by atoms with E-state index >= 15 is 0 Å². The van der Waals surface area contributed by atoms with Crippen LogP contribution in [0.2, 0.25) is 0 Å². The van der Waals surface area contributed by atoms with Crippen LogP contribution in [0.4, 0.5) is 0 Å². The van der Waals surface area contributed by atoms with Crippen molar-refractivity contribution in [3.8, 4) is 0 Å². The molecular formula is C15H25ClN2O2. The van der Waals surface area contributed by atoms with Crippen LogP contribution < -0.4 is 17.0 Å². The standard InChI is InChI=1S/C15H24N2O2.ClH/c1-2-3-4-5-6-7-12-19-14-17-10-8-15(9-11-17)13-16-18;/h8-11,13H,2-7,12,14H2,1H3;1H. The van der Waals surface area contributed by atoms with Crippen molar-refractivity contribution in [3.05, 3.63) is 30.1 Å². The summed E-state index contributed by atoms with van der Waals surface area (Å²) < 4.78 is 7.57. The Morgan fingerprint density at radius 1 is 1.15 bits per heavy atom. The van der Waals surface area contributed by atoms with Crippen LogP contribution >= 0.6 is 0 Å². The van der Waals surface area contributed by atoms with E-state index in [9.17, 15) is 0 Å². The second-order valence-corrected chi connectivity index (χ2v) is 4.70. The Morgan fingerprint density at radius 3 is 2.45 bits per heavy atom. The number of aromatic nitrogens is 1. The average Bonchev–Trinajstić information content (AvgIpc) is 2.44. The molecule has 0 aliphatic rings. The van der Waals surface area contributed by atoms with Crippen molar-refractivity contribution in [2.24, 2.45) is 5.16 Å². The average molecular weight is 301 g/mol. The smallest absolute Gasteiger partial charge is 0.252 e. The van der Waals surface area contributed by atoms with Gasteiger partial charge in [0.05, 0.1) is 12.8 Å². The first kappa shape index (κ1) is 18.9. The van der Waals surface area contributed by atoms with Gasteiger partial charge in [0, 0.05) is 17.7 Å².